The summed E-state index contributed by atoms with van der Waals surface area (Å²) in [5.41, 5.74) is 16.2. The van der Waals surface area contributed by atoms with Gasteiger partial charge in [0.15, 0.2) is 0 Å². The van der Waals surface area contributed by atoms with Gasteiger partial charge in [0.1, 0.15) is 12.2 Å². The first-order valence-corrected chi connectivity index (χ1v) is 12.7. The number of carbonyl (C=O) groups is 1. The van der Waals surface area contributed by atoms with Crippen LogP contribution in [0.1, 0.15) is 11.1 Å². The Labute approximate surface area is 222 Å². The van der Waals surface area contributed by atoms with Crippen LogP contribution in [0.4, 0.5) is 27.5 Å². The zero-order valence-corrected chi connectivity index (χ0v) is 21.0. The number of aliphatic hydroxyl groups excluding tert-OH is 2. The zero-order valence-electron chi connectivity index (χ0n) is 21.0. The molecule has 7 heteroatoms. The molecule has 0 aromatic heterocycles. The number of amides is 2. The topological polar surface area (TPSA) is 116 Å². The van der Waals surface area contributed by atoms with Crippen LogP contribution in [0.5, 0.6) is 0 Å². The van der Waals surface area contributed by atoms with Gasteiger partial charge in [-0.25, -0.2) is 4.79 Å². The molecule has 194 valence electrons. The number of urea groups is 1. The van der Waals surface area contributed by atoms with Crippen molar-refractivity contribution >= 4 is 28.8 Å². The molecular formula is C31H32N4O3. The molecule has 6 N–H and O–H groups in total. The van der Waals surface area contributed by atoms with Gasteiger partial charge in [0.25, 0.3) is 0 Å². The molecule has 4 atom stereocenters. The number of rotatable bonds is 6. The Kier molecular flexibility index (Phi) is 7.31. The summed E-state index contributed by atoms with van der Waals surface area (Å²) in [6.07, 6.45) is -1.83. The van der Waals surface area contributed by atoms with Gasteiger partial charge >= 0.3 is 6.03 Å². The molecule has 0 bridgehead atoms. The fraction of sp³-hybridized carbons (Fsp3) is 0.194. The summed E-state index contributed by atoms with van der Waals surface area (Å²) in [5.74, 6) is 0. The first kappa shape index (κ1) is 25.3. The first-order chi connectivity index (χ1) is 18.4. The van der Waals surface area contributed by atoms with Crippen LogP contribution < -0.4 is 21.3 Å². The molecule has 1 aliphatic rings. The van der Waals surface area contributed by atoms with Crippen LogP contribution in [0.3, 0.4) is 0 Å². The first-order valence-electron chi connectivity index (χ1n) is 12.7. The Bertz CT molecular complexity index is 1280. The van der Waals surface area contributed by atoms with E-state index in [1.807, 2.05) is 60.7 Å². The van der Waals surface area contributed by atoms with Crippen molar-refractivity contribution in [2.45, 2.75) is 37.1 Å². The number of benzene rings is 4. The van der Waals surface area contributed by atoms with Gasteiger partial charge in [0.2, 0.25) is 0 Å². The molecule has 4 aromatic carbocycles. The highest BCUT2D eigenvalue weighted by Gasteiger charge is 2.47. The van der Waals surface area contributed by atoms with Crippen LogP contribution in [0.2, 0.25) is 0 Å². The molecule has 1 heterocycles. The summed E-state index contributed by atoms with van der Waals surface area (Å²) in [5, 5.41) is 23.5. The Hall–Kier alpha value is -4.33. The van der Waals surface area contributed by atoms with E-state index in [0.717, 1.165) is 11.1 Å². The van der Waals surface area contributed by atoms with Crippen molar-refractivity contribution in [1.29, 1.82) is 0 Å². The summed E-state index contributed by atoms with van der Waals surface area (Å²) < 4.78 is 0. The average Bonchev–Trinajstić information content (AvgIpc) is 2.99. The third-order valence-electron chi connectivity index (χ3n) is 7.09. The molecule has 0 spiro atoms. The molecule has 0 aliphatic carbocycles. The number of nitrogens with two attached hydrogens (primary N) is 2. The van der Waals surface area contributed by atoms with Crippen LogP contribution in [-0.4, -0.2) is 40.5 Å². The largest absolute Gasteiger partial charge is 0.399 e. The molecule has 1 aliphatic heterocycles. The van der Waals surface area contributed by atoms with E-state index in [2.05, 4.69) is 0 Å². The maximum absolute atomic E-state index is 14.6. The lowest BCUT2D eigenvalue weighted by Crippen LogP contribution is -2.51. The van der Waals surface area contributed by atoms with Crippen LogP contribution in [0, 0.1) is 0 Å². The minimum absolute atomic E-state index is 0.336. The van der Waals surface area contributed by atoms with Crippen molar-refractivity contribution < 1.29 is 15.0 Å². The fourth-order valence-electron chi connectivity index (χ4n) is 5.25. The lowest BCUT2D eigenvalue weighted by molar-refractivity contribution is -0.00483. The minimum atomic E-state index is -1.25. The van der Waals surface area contributed by atoms with E-state index in [-0.39, 0.29) is 6.03 Å². The van der Waals surface area contributed by atoms with E-state index in [1.165, 1.54) is 0 Å². The molecule has 2 amide bonds. The van der Waals surface area contributed by atoms with Crippen molar-refractivity contribution in [2.24, 2.45) is 0 Å². The van der Waals surface area contributed by atoms with Crippen molar-refractivity contribution in [1.82, 2.24) is 0 Å². The average molecular weight is 509 g/mol. The number of anilines is 4. The van der Waals surface area contributed by atoms with Gasteiger partial charge in [0, 0.05) is 22.7 Å². The van der Waals surface area contributed by atoms with E-state index in [0.29, 0.717) is 35.6 Å². The molecule has 4 aromatic rings. The molecule has 5 rings (SSSR count). The van der Waals surface area contributed by atoms with Gasteiger partial charge in [-0.15, -0.1) is 0 Å². The number of hydrogen-bond acceptors (Lipinski definition) is 5. The summed E-state index contributed by atoms with van der Waals surface area (Å²) >= 11 is 0. The van der Waals surface area contributed by atoms with Gasteiger partial charge in [-0.2, -0.15) is 0 Å². The standard InChI is InChI=1S/C31H32N4O3/c32-23-13-7-15-25(19-23)34-27(17-21-9-3-1-4-10-21)29(36)30(37)28(18-22-11-5-2-6-12-22)35(31(34)38)26-16-8-14-24(33)20-26/h1-16,19-20,27-30,36-37H,17-18,32-33H2/t27-,28-,29+,30+/m1/s1. The van der Waals surface area contributed by atoms with Gasteiger partial charge in [-0.3, -0.25) is 9.80 Å². The Balaban J connectivity index is 1.68. The number of carbonyl (C=O) groups excluding carboxylic acids is 1. The summed E-state index contributed by atoms with van der Waals surface area (Å²) in [7, 11) is 0. The second-order valence-electron chi connectivity index (χ2n) is 9.71. The van der Waals surface area contributed by atoms with Crippen molar-refractivity contribution in [3.63, 3.8) is 0 Å². The zero-order chi connectivity index (χ0) is 26.6. The molecular weight excluding hydrogens is 476 g/mol. The van der Waals surface area contributed by atoms with Gasteiger partial charge in [-0.05, 0) is 60.4 Å². The fourth-order valence-corrected chi connectivity index (χ4v) is 5.25. The van der Waals surface area contributed by atoms with Crippen LogP contribution in [-0.2, 0) is 12.8 Å². The highest BCUT2D eigenvalue weighted by Crippen LogP contribution is 2.35. The second kappa shape index (κ2) is 11.0. The Morgan fingerprint density at radius 1 is 0.579 bits per heavy atom. The number of hydrogen-bond donors (Lipinski definition) is 4. The highest BCUT2D eigenvalue weighted by molar-refractivity contribution is 6.05. The Morgan fingerprint density at radius 3 is 1.34 bits per heavy atom. The van der Waals surface area contributed by atoms with Gasteiger partial charge in [0.05, 0.1) is 12.1 Å². The lowest BCUT2D eigenvalue weighted by atomic mass is 9.90. The third kappa shape index (κ3) is 5.20. The number of nitrogens with zero attached hydrogens (tertiary/aromatic N) is 2. The van der Waals surface area contributed by atoms with E-state index < -0.39 is 24.3 Å². The molecule has 0 saturated carbocycles. The third-order valence-corrected chi connectivity index (χ3v) is 7.09. The maximum atomic E-state index is 14.6. The molecule has 0 unspecified atom stereocenters. The SMILES string of the molecule is Nc1cccc(N2C(=O)N(c3cccc(N)c3)[C@H](Cc3ccccc3)[C@H](O)[C@@H](O)[C@H]2Cc2ccccc2)c1. The predicted molar refractivity (Wildman–Crippen MR) is 152 cm³/mol. The normalized spacial score (nSPS) is 21.8. The quantitative estimate of drug-likeness (QED) is 0.291. The number of nitrogen functional groups attached to an aromatic ring is 2. The monoisotopic (exact) mass is 508 g/mol. The van der Waals surface area contributed by atoms with Gasteiger partial charge < -0.3 is 21.7 Å². The van der Waals surface area contributed by atoms with Crippen molar-refractivity contribution in [3.8, 4) is 0 Å². The highest BCUT2D eigenvalue weighted by atomic mass is 16.3. The molecule has 1 fully saturated rings. The predicted octanol–water partition coefficient (Wildman–Crippen LogP) is 4.24. The minimum Gasteiger partial charge on any atom is -0.399 e. The molecule has 38 heavy (non-hydrogen) atoms. The number of aliphatic hydroxyl groups is 2. The molecule has 1 saturated heterocycles. The Morgan fingerprint density at radius 2 is 0.974 bits per heavy atom. The summed E-state index contributed by atoms with van der Waals surface area (Å²) in [4.78, 5) is 17.7. The smallest absolute Gasteiger partial charge is 0.329 e. The van der Waals surface area contributed by atoms with E-state index >= 15 is 0 Å². The van der Waals surface area contributed by atoms with E-state index in [9.17, 15) is 15.0 Å². The van der Waals surface area contributed by atoms with Crippen LogP contribution in [0.25, 0.3) is 0 Å². The van der Waals surface area contributed by atoms with Crippen LogP contribution in [0.15, 0.2) is 109 Å². The van der Waals surface area contributed by atoms with Crippen LogP contribution >= 0.6 is 0 Å². The maximum Gasteiger partial charge on any atom is 0.329 e. The van der Waals surface area contributed by atoms with E-state index in [1.54, 1.807) is 58.3 Å². The van der Waals surface area contributed by atoms with Gasteiger partial charge in [-0.1, -0.05) is 72.8 Å². The second-order valence-corrected chi connectivity index (χ2v) is 9.71. The van der Waals surface area contributed by atoms with Crippen molar-refractivity contribution in [3.05, 3.63) is 120 Å². The lowest BCUT2D eigenvalue weighted by Gasteiger charge is -2.35. The molecule has 7 nitrogen and oxygen atoms in total. The molecule has 0 radical (unpaired) electrons. The summed E-state index contributed by atoms with van der Waals surface area (Å²) in [6.45, 7) is 0. The van der Waals surface area contributed by atoms with Crippen molar-refractivity contribution in [2.75, 3.05) is 21.3 Å². The summed E-state index contributed by atoms with van der Waals surface area (Å²) in [6, 6.07) is 31.4. The van der Waals surface area contributed by atoms with E-state index in [4.69, 9.17) is 11.5 Å².